The van der Waals surface area contributed by atoms with E-state index in [0.717, 1.165) is 0 Å². The van der Waals surface area contributed by atoms with Crippen molar-refractivity contribution < 1.29 is 0 Å². The van der Waals surface area contributed by atoms with Crippen molar-refractivity contribution in [2.24, 2.45) is 5.92 Å². The second kappa shape index (κ2) is 3.06. The summed E-state index contributed by atoms with van der Waals surface area (Å²) in [7, 11) is 0. The lowest BCUT2D eigenvalue weighted by Crippen LogP contribution is -2.43. The standard InChI is InChI=1S/C11H17N/c1-11(8-5-9-12-11)10-6-3-2-4-7-10/h2-4,6,10,12H,5,7-9H2,1H3/t10?,11-/m1/s1. The van der Waals surface area contributed by atoms with Crippen molar-refractivity contribution in [3.8, 4) is 0 Å². The number of nitrogens with one attached hydrogen (secondary N) is 1. The summed E-state index contributed by atoms with van der Waals surface area (Å²) in [6.07, 6.45) is 12.8. The molecule has 1 fully saturated rings. The zero-order valence-corrected chi connectivity index (χ0v) is 7.72. The van der Waals surface area contributed by atoms with E-state index in [2.05, 4.69) is 36.5 Å². The van der Waals surface area contributed by atoms with Gasteiger partial charge >= 0.3 is 0 Å². The van der Waals surface area contributed by atoms with Gasteiger partial charge in [0.2, 0.25) is 0 Å². The molecule has 1 aliphatic carbocycles. The first kappa shape index (κ1) is 8.06. The Bertz CT molecular complexity index is 209. The molecular weight excluding hydrogens is 146 g/mol. The van der Waals surface area contributed by atoms with E-state index in [4.69, 9.17) is 0 Å². The molecule has 0 aromatic rings. The van der Waals surface area contributed by atoms with Crippen LogP contribution < -0.4 is 5.32 Å². The van der Waals surface area contributed by atoms with Gasteiger partial charge in [-0.1, -0.05) is 24.3 Å². The van der Waals surface area contributed by atoms with Crippen LogP contribution in [0.3, 0.4) is 0 Å². The Morgan fingerprint density at radius 3 is 2.92 bits per heavy atom. The van der Waals surface area contributed by atoms with Gasteiger partial charge < -0.3 is 5.32 Å². The summed E-state index contributed by atoms with van der Waals surface area (Å²) in [6.45, 7) is 3.55. The van der Waals surface area contributed by atoms with E-state index in [1.165, 1.54) is 25.8 Å². The summed E-state index contributed by atoms with van der Waals surface area (Å²) < 4.78 is 0. The molecule has 1 heterocycles. The van der Waals surface area contributed by atoms with Crippen LogP contribution in [0.25, 0.3) is 0 Å². The fraction of sp³-hybridized carbons (Fsp3) is 0.636. The van der Waals surface area contributed by atoms with E-state index in [-0.39, 0.29) is 0 Å². The molecule has 1 aliphatic heterocycles. The Hall–Kier alpha value is -0.560. The summed E-state index contributed by atoms with van der Waals surface area (Å²) in [4.78, 5) is 0. The normalized spacial score (nSPS) is 40.6. The first-order chi connectivity index (χ1) is 5.81. The van der Waals surface area contributed by atoms with E-state index in [9.17, 15) is 0 Å². The van der Waals surface area contributed by atoms with Crippen molar-refractivity contribution >= 4 is 0 Å². The molecule has 1 nitrogen and oxygen atoms in total. The summed E-state index contributed by atoms with van der Waals surface area (Å²) >= 11 is 0. The van der Waals surface area contributed by atoms with Crippen LogP contribution in [0.15, 0.2) is 24.3 Å². The molecule has 1 unspecified atom stereocenters. The van der Waals surface area contributed by atoms with Gasteiger partial charge in [0.25, 0.3) is 0 Å². The Kier molecular flexibility index (Phi) is 2.05. The van der Waals surface area contributed by atoms with Gasteiger partial charge in [0.15, 0.2) is 0 Å². The van der Waals surface area contributed by atoms with Crippen LogP contribution in [-0.4, -0.2) is 12.1 Å². The molecular formula is C11H17N. The first-order valence-electron chi connectivity index (χ1n) is 4.90. The second-order valence-corrected chi connectivity index (χ2v) is 4.10. The number of rotatable bonds is 1. The summed E-state index contributed by atoms with van der Waals surface area (Å²) in [5.74, 6) is 0.713. The van der Waals surface area contributed by atoms with Gasteiger partial charge in [-0.15, -0.1) is 0 Å². The van der Waals surface area contributed by atoms with Gasteiger partial charge in [0.05, 0.1) is 0 Å². The number of allylic oxidation sites excluding steroid dienone is 3. The Balaban J connectivity index is 2.07. The first-order valence-corrected chi connectivity index (χ1v) is 4.90. The summed E-state index contributed by atoms with van der Waals surface area (Å²) in [5.41, 5.74) is 0.376. The molecule has 66 valence electrons. The van der Waals surface area contributed by atoms with Gasteiger partial charge in [-0.25, -0.2) is 0 Å². The molecule has 12 heavy (non-hydrogen) atoms. The van der Waals surface area contributed by atoms with Gasteiger partial charge in [-0.05, 0) is 38.6 Å². The molecule has 2 rings (SSSR count). The molecule has 2 aliphatic rings. The topological polar surface area (TPSA) is 12.0 Å². The predicted molar refractivity (Wildman–Crippen MR) is 52.0 cm³/mol. The summed E-state index contributed by atoms with van der Waals surface area (Å²) in [5, 5.41) is 3.62. The maximum Gasteiger partial charge on any atom is 0.0219 e. The van der Waals surface area contributed by atoms with Gasteiger partial charge in [0, 0.05) is 5.54 Å². The van der Waals surface area contributed by atoms with Crippen LogP contribution >= 0.6 is 0 Å². The minimum Gasteiger partial charge on any atom is -0.311 e. The van der Waals surface area contributed by atoms with Crippen LogP contribution in [0.2, 0.25) is 0 Å². The van der Waals surface area contributed by atoms with Crippen LogP contribution in [0.4, 0.5) is 0 Å². The molecule has 0 amide bonds. The van der Waals surface area contributed by atoms with E-state index >= 15 is 0 Å². The van der Waals surface area contributed by atoms with Gasteiger partial charge in [-0.3, -0.25) is 0 Å². The lowest BCUT2D eigenvalue weighted by atomic mass is 9.80. The maximum absolute atomic E-state index is 3.62. The maximum atomic E-state index is 3.62. The SMILES string of the molecule is C[C@]1(C2C=CC=CC2)CCCN1. The van der Waals surface area contributed by atoms with E-state index in [0.29, 0.717) is 11.5 Å². The second-order valence-electron chi connectivity index (χ2n) is 4.10. The zero-order valence-electron chi connectivity index (χ0n) is 7.72. The molecule has 0 spiro atoms. The highest BCUT2D eigenvalue weighted by molar-refractivity contribution is 5.16. The monoisotopic (exact) mass is 163 g/mol. The van der Waals surface area contributed by atoms with Crippen molar-refractivity contribution in [3.05, 3.63) is 24.3 Å². The highest BCUT2D eigenvalue weighted by Crippen LogP contribution is 2.32. The molecule has 0 saturated carbocycles. The molecule has 2 atom stereocenters. The Morgan fingerprint density at radius 1 is 1.42 bits per heavy atom. The summed E-state index contributed by atoms with van der Waals surface area (Å²) in [6, 6.07) is 0. The minimum absolute atomic E-state index is 0.376. The van der Waals surface area contributed by atoms with Crippen molar-refractivity contribution in [1.29, 1.82) is 0 Å². The fourth-order valence-electron chi connectivity index (χ4n) is 2.29. The average molecular weight is 163 g/mol. The van der Waals surface area contributed by atoms with Crippen molar-refractivity contribution in [2.45, 2.75) is 31.7 Å². The van der Waals surface area contributed by atoms with Gasteiger partial charge in [-0.2, -0.15) is 0 Å². The largest absolute Gasteiger partial charge is 0.311 e. The van der Waals surface area contributed by atoms with Crippen LogP contribution in [0.5, 0.6) is 0 Å². The number of hydrogen-bond donors (Lipinski definition) is 1. The third-order valence-corrected chi connectivity index (χ3v) is 3.20. The highest BCUT2D eigenvalue weighted by Gasteiger charge is 2.34. The third-order valence-electron chi connectivity index (χ3n) is 3.20. The van der Waals surface area contributed by atoms with E-state index < -0.39 is 0 Å². The predicted octanol–water partition coefficient (Wildman–Crippen LogP) is 2.26. The van der Waals surface area contributed by atoms with E-state index in [1.54, 1.807) is 0 Å². The Labute approximate surface area is 74.5 Å². The third kappa shape index (κ3) is 1.34. The highest BCUT2D eigenvalue weighted by atomic mass is 15.0. The smallest absolute Gasteiger partial charge is 0.0219 e. The van der Waals surface area contributed by atoms with Crippen molar-refractivity contribution in [2.75, 3.05) is 6.54 Å². The molecule has 0 radical (unpaired) electrons. The lowest BCUT2D eigenvalue weighted by Gasteiger charge is -2.32. The van der Waals surface area contributed by atoms with Crippen molar-refractivity contribution in [1.82, 2.24) is 5.32 Å². The Morgan fingerprint density at radius 2 is 2.33 bits per heavy atom. The molecule has 1 saturated heterocycles. The van der Waals surface area contributed by atoms with Crippen LogP contribution in [-0.2, 0) is 0 Å². The zero-order chi connectivity index (χ0) is 8.44. The average Bonchev–Trinajstić information content (AvgIpc) is 2.55. The quantitative estimate of drug-likeness (QED) is 0.625. The van der Waals surface area contributed by atoms with Crippen LogP contribution in [0.1, 0.15) is 26.2 Å². The molecule has 0 bridgehead atoms. The molecule has 1 heteroatoms. The van der Waals surface area contributed by atoms with Gasteiger partial charge in [0.1, 0.15) is 0 Å². The molecule has 1 N–H and O–H groups in total. The van der Waals surface area contributed by atoms with E-state index in [1.807, 2.05) is 0 Å². The minimum atomic E-state index is 0.376. The van der Waals surface area contributed by atoms with Crippen LogP contribution in [0, 0.1) is 5.92 Å². The molecule has 0 aromatic heterocycles. The fourth-order valence-corrected chi connectivity index (χ4v) is 2.29. The van der Waals surface area contributed by atoms with Crippen molar-refractivity contribution in [3.63, 3.8) is 0 Å². The lowest BCUT2D eigenvalue weighted by molar-refractivity contribution is 0.310. The number of hydrogen-bond acceptors (Lipinski definition) is 1. The molecule has 0 aromatic carbocycles.